The fourth-order valence-corrected chi connectivity index (χ4v) is 1.65. The quantitative estimate of drug-likeness (QED) is 0.808. The van der Waals surface area contributed by atoms with Crippen LogP contribution in [0.1, 0.15) is 25.8 Å². The molecule has 0 saturated heterocycles. The minimum Gasteiger partial charge on any atom is -0.497 e. The van der Waals surface area contributed by atoms with Crippen LogP contribution in [-0.2, 0) is 4.79 Å². The molecule has 0 radical (unpaired) electrons. The fourth-order valence-electron chi connectivity index (χ4n) is 1.65. The van der Waals surface area contributed by atoms with Crippen molar-refractivity contribution >= 4 is 11.6 Å². The van der Waals surface area contributed by atoms with Gasteiger partial charge < -0.3 is 10.1 Å². The average molecular weight is 247 g/mol. The Morgan fingerprint density at radius 1 is 1.50 bits per heavy atom. The highest BCUT2D eigenvalue weighted by molar-refractivity contribution is 5.95. The third kappa shape index (κ3) is 3.36. The molecule has 1 aromatic rings. The van der Waals surface area contributed by atoms with Crippen LogP contribution in [0.15, 0.2) is 30.9 Å². The lowest BCUT2D eigenvalue weighted by molar-refractivity contribution is -0.123. The highest BCUT2D eigenvalue weighted by atomic mass is 16.5. The molecule has 1 amide bonds. The zero-order chi connectivity index (χ0) is 13.8. The van der Waals surface area contributed by atoms with E-state index in [1.807, 2.05) is 39.0 Å². The van der Waals surface area contributed by atoms with E-state index in [9.17, 15) is 4.79 Å². The van der Waals surface area contributed by atoms with Crippen LogP contribution >= 0.6 is 0 Å². The highest BCUT2D eigenvalue weighted by Gasteiger charge is 2.26. The second-order valence-electron chi connectivity index (χ2n) is 5.01. The Kier molecular flexibility index (Phi) is 4.54. The van der Waals surface area contributed by atoms with Crippen molar-refractivity contribution in [2.75, 3.05) is 12.4 Å². The molecule has 0 bridgehead atoms. The van der Waals surface area contributed by atoms with Crippen LogP contribution in [0.4, 0.5) is 5.69 Å². The Labute approximate surface area is 109 Å². The maximum atomic E-state index is 12.1. The number of carbonyl (C=O) groups is 1. The number of allylic oxidation sites excluding steroid dienone is 1. The second-order valence-corrected chi connectivity index (χ2v) is 5.01. The van der Waals surface area contributed by atoms with E-state index in [1.54, 1.807) is 13.2 Å². The van der Waals surface area contributed by atoms with E-state index in [-0.39, 0.29) is 5.91 Å². The number of anilines is 1. The van der Waals surface area contributed by atoms with Crippen LogP contribution in [0.2, 0.25) is 0 Å². The summed E-state index contributed by atoms with van der Waals surface area (Å²) in [5, 5.41) is 2.94. The normalized spacial score (nSPS) is 10.9. The Bertz CT molecular complexity index is 450. The molecular weight excluding hydrogens is 226 g/mol. The van der Waals surface area contributed by atoms with Crippen LogP contribution in [0.25, 0.3) is 0 Å². The Hall–Kier alpha value is -1.77. The Balaban J connectivity index is 2.85. The molecule has 0 aliphatic heterocycles. The van der Waals surface area contributed by atoms with Gasteiger partial charge in [0.05, 0.1) is 7.11 Å². The van der Waals surface area contributed by atoms with Crippen molar-refractivity contribution in [3.05, 3.63) is 36.4 Å². The number of benzene rings is 1. The Morgan fingerprint density at radius 2 is 2.17 bits per heavy atom. The Morgan fingerprint density at radius 3 is 2.67 bits per heavy atom. The molecule has 1 N–H and O–H groups in total. The third-order valence-electron chi connectivity index (χ3n) is 2.95. The number of methoxy groups -OCH3 is 1. The van der Waals surface area contributed by atoms with E-state index >= 15 is 0 Å². The summed E-state index contributed by atoms with van der Waals surface area (Å²) in [7, 11) is 1.63. The predicted molar refractivity (Wildman–Crippen MR) is 75.0 cm³/mol. The molecule has 0 spiro atoms. The van der Waals surface area contributed by atoms with Gasteiger partial charge in [0, 0.05) is 11.1 Å². The first-order chi connectivity index (χ1) is 8.40. The van der Waals surface area contributed by atoms with Crippen molar-refractivity contribution in [2.24, 2.45) is 5.41 Å². The lowest BCUT2D eigenvalue weighted by Crippen LogP contribution is -2.30. The number of nitrogens with one attached hydrogen (secondary N) is 1. The number of hydrogen-bond acceptors (Lipinski definition) is 2. The molecular formula is C15H21NO2. The van der Waals surface area contributed by atoms with Crippen LogP contribution < -0.4 is 10.1 Å². The van der Waals surface area contributed by atoms with Gasteiger partial charge in [0.1, 0.15) is 5.75 Å². The van der Waals surface area contributed by atoms with E-state index in [2.05, 4.69) is 11.9 Å². The van der Waals surface area contributed by atoms with Crippen LogP contribution in [0, 0.1) is 12.3 Å². The van der Waals surface area contributed by atoms with Crippen molar-refractivity contribution in [2.45, 2.75) is 27.2 Å². The van der Waals surface area contributed by atoms with Gasteiger partial charge in [0.2, 0.25) is 5.91 Å². The van der Waals surface area contributed by atoms with Gasteiger partial charge in [-0.1, -0.05) is 19.9 Å². The molecule has 0 aliphatic rings. The number of carbonyl (C=O) groups excluding carboxylic acids is 1. The molecule has 1 rings (SSSR count). The molecule has 3 nitrogen and oxygen atoms in total. The van der Waals surface area contributed by atoms with Crippen LogP contribution in [0.3, 0.4) is 0 Å². The first-order valence-corrected chi connectivity index (χ1v) is 5.97. The van der Waals surface area contributed by atoms with Gasteiger partial charge in [-0.05, 0) is 37.1 Å². The van der Waals surface area contributed by atoms with Crippen molar-refractivity contribution in [1.82, 2.24) is 0 Å². The van der Waals surface area contributed by atoms with E-state index < -0.39 is 5.41 Å². The van der Waals surface area contributed by atoms with Crippen molar-refractivity contribution in [3.8, 4) is 5.75 Å². The van der Waals surface area contributed by atoms with Crippen molar-refractivity contribution < 1.29 is 9.53 Å². The number of amides is 1. The number of ether oxygens (including phenoxy) is 1. The number of hydrogen-bond donors (Lipinski definition) is 1. The zero-order valence-corrected chi connectivity index (χ0v) is 11.5. The van der Waals surface area contributed by atoms with Gasteiger partial charge in [-0.2, -0.15) is 0 Å². The summed E-state index contributed by atoms with van der Waals surface area (Å²) in [5.74, 6) is 0.784. The number of aryl methyl sites for hydroxylation is 1. The summed E-state index contributed by atoms with van der Waals surface area (Å²) in [4.78, 5) is 12.1. The van der Waals surface area contributed by atoms with E-state index in [1.165, 1.54) is 0 Å². The summed E-state index contributed by atoms with van der Waals surface area (Å²) in [6.45, 7) is 9.43. The van der Waals surface area contributed by atoms with Crippen LogP contribution in [-0.4, -0.2) is 13.0 Å². The monoisotopic (exact) mass is 247 g/mol. The molecule has 0 aromatic heterocycles. The van der Waals surface area contributed by atoms with Crippen molar-refractivity contribution in [3.63, 3.8) is 0 Å². The molecule has 98 valence electrons. The SMILES string of the molecule is C=CCC(C)(C)C(=O)Nc1ccc(OC)cc1C. The molecule has 0 fully saturated rings. The first-order valence-electron chi connectivity index (χ1n) is 5.97. The molecule has 1 aromatic carbocycles. The molecule has 0 unspecified atom stereocenters. The van der Waals surface area contributed by atoms with Gasteiger partial charge in [-0.15, -0.1) is 6.58 Å². The summed E-state index contributed by atoms with van der Waals surface area (Å²) in [5.41, 5.74) is 1.35. The molecule has 0 heterocycles. The predicted octanol–water partition coefficient (Wildman–Crippen LogP) is 3.54. The smallest absolute Gasteiger partial charge is 0.230 e. The summed E-state index contributed by atoms with van der Waals surface area (Å²) in [6, 6.07) is 5.59. The largest absolute Gasteiger partial charge is 0.497 e. The fraction of sp³-hybridized carbons (Fsp3) is 0.400. The highest BCUT2D eigenvalue weighted by Crippen LogP contribution is 2.26. The maximum Gasteiger partial charge on any atom is 0.230 e. The lowest BCUT2D eigenvalue weighted by Gasteiger charge is -2.22. The van der Waals surface area contributed by atoms with Crippen molar-refractivity contribution in [1.29, 1.82) is 0 Å². The maximum absolute atomic E-state index is 12.1. The van der Waals surface area contributed by atoms with E-state index in [4.69, 9.17) is 4.74 Å². The average Bonchev–Trinajstić information content (AvgIpc) is 2.31. The first kappa shape index (κ1) is 14.3. The third-order valence-corrected chi connectivity index (χ3v) is 2.95. The minimum absolute atomic E-state index is 0.00401. The summed E-state index contributed by atoms with van der Waals surface area (Å²) < 4.78 is 5.13. The molecule has 0 atom stereocenters. The molecule has 18 heavy (non-hydrogen) atoms. The summed E-state index contributed by atoms with van der Waals surface area (Å²) in [6.07, 6.45) is 2.41. The number of rotatable bonds is 5. The molecule has 0 aliphatic carbocycles. The van der Waals surface area contributed by atoms with Gasteiger partial charge in [0.25, 0.3) is 0 Å². The van der Waals surface area contributed by atoms with E-state index in [0.29, 0.717) is 6.42 Å². The van der Waals surface area contributed by atoms with Gasteiger partial charge in [-0.3, -0.25) is 4.79 Å². The lowest BCUT2D eigenvalue weighted by atomic mass is 9.88. The molecule has 3 heteroatoms. The standard InChI is InChI=1S/C15H21NO2/c1-6-9-15(3,4)14(17)16-13-8-7-12(18-5)10-11(13)2/h6-8,10H,1,9H2,2-5H3,(H,16,17). The van der Waals surface area contributed by atoms with Gasteiger partial charge in [-0.25, -0.2) is 0 Å². The topological polar surface area (TPSA) is 38.3 Å². The zero-order valence-electron chi connectivity index (χ0n) is 11.5. The minimum atomic E-state index is -0.450. The second kappa shape index (κ2) is 5.71. The summed E-state index contributed by atoms with van der Waals surface area (Å²) >= 11 is 0. The van der Waals surface area contributed by atoms with E-state index in [0.717, 1.165) is 17.0 Å². The van der Waals surface area contributed by atoms with Gasteiger partial charge >= 0.3 is 0 Å². The van der Waals surface area contributed by atoms with Crippen LogP contribution in [0.5, 0.6) is 5.75 Å². The molecule has 0 saturated carbocycles. The van der Waals surface area contributed by atoms with Gasteiger partial charge in [0.15, 0.2) is 0 Å².